The lowest BCUT2D eigenvalue weighted by molar-refractivity contribution is 0.146. The Kier molecular flexibility index (Phi) is 6.59. The molecule has 0 bridgehead atoms. The third-order valence-electron chi connectivity index (χ3n) is 6.26. The summed E-state index contributed by atoms with van der Waals surface area (Å²) in [5.41, 5.74) is 2.65. The fourth-order valence-corrected chi connectivity index (χ4v) is 4.48. The minimum atomic E-state index is -0.725. The number of ether oxygens (including phenoxy) is 2. The van der Waals surface area contributed by atoms with Crippen molar-refractivity contribution in [3.63, 3.8) is 0 Å². The van der Waals surface area contributed by atoms with Crippen LogP contribution in [-0.2, 0) is 24.1 Å². The second kappa shape index (κ2) is 9.95. The van der Waals surface area contributed by atoms with Crippen LogP contribution in [0.5, 0.6) is 11.6 Å². The minimum Gasteiger partial charge on any atom is -0.493 e. The Morgan fingerprint density at radius 2 is 1.77 bits per heavy atom. The molecule has 0 aliphatic heterocycles. The first-order valence-corrected chi connectivity index (χ1v) is 11.7. The molecule has 0 radical (unpaired) electrons. The Morgan fingerprint density at radius 3 is 2.57 bits per heavy atom. The summed E-state index contributed by atoms with van der Waals surface area (Å²) < 4.78 is 41.5. The van der Waals surface area contributed by atoms with E-state index in [9.17, 15) is 13.9 Å². The van der Waals surface area contributed by atoms with Crippen molar-refractivity contribution < 1.29 is 23.4 Å². The van der Waals surface area contributed by atoms with E-state index in [0.29, 0.717) is 23.6 Å². The Balaban J connectivity index is 1.53. The van der Waals surface area contributed by atoms with Gasteiger partial charge in [0.25, 0.3) is 0 Å². The Labute approximate surface area is 201 Å². The smallest absolute Gasteiger partial charge is 0.218 e. The van der Waals surface area contributed by atoms with Gasteiger partial charge in [-0.3, -0.25) is 4.68 Å². The average molecular weight is 481 g/mol. The van der Waals surface area contributed by atoms with Gasteiger partial charge in [-0.25, -0.2) is 13.8 Å². The van der Waals surface area contributed by atoms with Gasteiger partial charge in [0, 0.05) is 35.8 Å². The van der Waals surface area contributed by atoms with Gasteiger partial charge in [-0.05, 0) is 31.7 Å². The number of para-hydroxylation sites is 1. The van der Waals surface area contributed by atoms with Crippen LogP contribution >= 0.6 is 0 Å². The van der Waals surface area contributed by atoms with E-state index in [4.69, 9.17) is 14.5 Å². The highest BCUT2D eigenvalue weighted by Crippen LogP contribution is 2.32. The molecule has 0 unspecified atom stereocenters. The number of benzene rings is 2. The largest absolute Gasteiger partial charge is 0.493 e. The summed E-state index contributed by atoms with van der Waals surface area (Å²) in [5.74, 6) is -1.07. The van der Waals surface area contributed by atoms with Gasteiger partial charge in [0.05, 0.1) is 24.4 Å². The SMILES string of the molecule is COCCOc1cc(F)c(Cn2nc(-c3nc(O)c4c(n3)CCCCC4)c3ccccc32)c(F)c1. The number of hydrogen-bond donors (Lipinski definition) is 1. The Hall–Kier alpha value is -3.59. The molecule has 0 spiro atoms. The molecule has 1 aliphatic carbocycles. The molecule has 7 nitrogen and oxygen atoms in total. The molecule has 2 heterocycles. The summed E-state index contributed by atoms with van der Waals surface area (Å²) in [6.07, 6.45) is 4.60. The van der Waals surface area contributed by atoms with Crippen molar-refractivity contribution in [3.05, 3.63) is 64.9 Å². The van der Waals surface area contributed by atoms with Crippen LogP contribution in [0.2, 0.25) is 0 Å². The lowest BCUT2D eigenvalue weighted by Crippen LogP contribution is -2.09. The van der Waals surface area contributed by atoms with Crippen molar-refractivity contribution in [2.24, 2.45) is 0 Å². The molecule has 5 rings (SSSR count). The Bertz CT molecular complexity index is 1350. The summed E-state index contributed by atoms with van der Waals surface area (Å²) in [4.78, 5) is 9.08. The first-order valence-electron chi connectivity index (χ1n) is 11.7. The van der Waals surface area contributed by atoms with Crippen molar-refractivity contribution in [1.82, 2.24) is 19.7 Å². The van der Waals surface area contributed by atoms with Crippen LogP contribution in [0, 0.1) is 11.6 Å². The molecular formula is C26H26F2N4O3. The van der Waals surface area contributed by atoms with Crippen molar-refractivity contribution in [1.29, 1.82) is 0 Å². The minimum absolute atomic E-state index is 0.0216. The number of aryl methyl sites for hydroxylation is 1. The first-order chi connectivity index (χ1) is 17.0. The van der Waals surface area contributed by atoms with Gasteiger partial charge < -0.3 is 14.6 Å². The van der Waals surface area contributed by atoms with Crippen LogP contribution in [0.1, 0.15) is 36.1 Å². The van der Waals surface area contributed by atoms with E-state index in [2.05, 4.69) is 10.1 Å². The third kappa shape index (κ3) is 4.68. The molecule has 0 fully saturated rings. The van der Waals surface area contributed by atoms with Gasteiger partial charge in [-0.1, -0.05) is 24.6 Å². The standard InChI is InChI=1S/C26H26F2N4O3/c1-34-11-12-35-16-13-20(27)19(21(28)14-16)15-32-23-10-6-5-8-18(23)24(31-32)25-29-22-9-4-2-3-7-17(22)26(33)30-25/h5-6,8,10,13-14H,2-4,7,9,11-12,15H2,1H3,(H,29,30,33). The fraction of sp³-hybridized carbons (Fsp3) is 0.346. The number of nitrogens with zero attached hydrogens (tertiary/aromatic N) is 4. The van der Waals surface area contributed by atoms with E-state index in [1.165, 1.54) is 11.8 Å². The number of methoxy groups -OCH3 is 1. The van der Waals surface area contributed by atoms with Gasteiger partial charge in [-0.15, -0.1) is 0 Å². The highest BCUT2D eigenvalue weighted by atomic mass is 19.1. The van der Waals surface area contributed by atoms with Crippen molar-refractivity contribution in [2.75, 3.05) is 20.3 Å². The molecule has 0 saturated heterocycles. The molecular weight excluding hydrogens is 454 g/mol. The van der Waals surface area contributed by atoms with Crippen LogP contribution in [0.4, 0.5) is 8.78 Å². The maximum Gasteiger partial charge on any atom is 0.218 e. The van der Waals surface area contributed by atoms with Crippen molar-refractivity contribution in [3.8, 4) is 23.1 Å². The molecule has 9 heteroatoms. The zero-order valence-corrected chi connectivity index (χ0v) is 19.4. The van der Waals surface area contributed by atoms with Crippen LogP contribution in [0.25, 0.3) is 22.4 Å². The predicted octanol–water partition coefficient (Wildman–Crippen LogP) is 4.82. The quantitative estimate of drug-likeness (QED) is 0.302. The summed E-state index contributed by atoms with van der Waals surface area (Å²) in [6, 6.07) is 9.70. The zero-order chi connectivity index (χ0) is 24.4. The normalized spacial score (nSPS) is 13.6. The Morgan fingerprint density at radius 1 is 1.00 bits per heavy atom. The first kappa shape index (κ1) is 23.2. The molecule has 2 aromatic heterocycles. The van der Waals surface area contributed by atoms with Gasteiger partial charge in [0.15, 0.2) is 5.82 Å². The molecule has 1 aliphatic rings. The molecule has 4 aromatic rings. The topological polar surface area (TPSA) is 82.3 Å². The number of halogens is 2. The van der Waals surface area contributed by atoms with E-state index >= 15 is 0 Å². The van der Waals surface area contributed by atoms with Gasteiger partial charge in [0.2, 0.25) is 5.88 Å². The number of rotatable bonds is 7. The van der Waals surface area contributed by atoms with Gasteiger partial charge in [-0.2, -0.15) is 10.1 Å². The molecule has 35 heavy (non-hydrogen) atoms. The summed E-state index contributed by atoms with van der Waals surface area (Å²) in [6.45, 7) is 0.371. The lowest BCUT2D eigenvalue weighted by Gasteiger charge is -2.10. The monoisotopic (exact) mass is 480 g/mol. The van der Waals surface area contributed by atoms with E-state index in [0.717, 1.165) is 60.9 Å². The maximum absolute atomic E-state index is 14.9. The maximum atomic E-state index is 14.9. The highest BCUT2D eigenvalue weighted by Gasteiger charge is 2.22. The third-order valence-corrected chi connectivity index (χ3v) is 6.26. The van der Waals surface area contributed by atoms with Crippen LogP contribution in [-0.4, -0.2) is 45.2 Å². The van der Waals surface area contributed by atoms with Gasteiger partial charge >= 0.3 is 0 Å². The second-order valence-corrected chi connectivity index (χ2v) is 8.59. The van der Waals surface area contributed by atoms with Crippen LogP contribution in [0.15, 0.2) is 36.4 Å². The van der Waals surface area contributed by atoms with Crippen molar-refractivity contribution >= 4 is 10.9 Å². The average Bonchev–Trinajstić information content (AvgIpc) is 3.02. The summed E-state index contributed by atoms with van der Waals surface area (Å²) in [5, 5.41) is 16.0. The number of aromatic nitrogens is 4. The second-order valence-electron chi connectivity index (χ2n) is 8.59. The van der Waals surface area contributed by atoms with E-state index < -0.39 is 11.6 Å². The summed E-state index contributed by atoms with van der Waals surface area (Å²) >= 11 is 0. The molecule has 0 saturated carbocycles. The van der Waals surface area contributed by atoms with Gasteiger partial charge in [0.1, 0.15) is 29.7 Å². The molecule has 0 atom stereocenters. The molecule has 1 N–H and O–H groups in total. The van der Waals surface area contributed by atoms with Crippen molar-refractivity contribution in [2.45, 2.75) is 38.6 Å². The zero-order valence-electron chi connectivity index (χ0n) is 19.4. The fourth-order valence-electron chi connectivity index (χ4n) is 4.48. The number of fused-ring (bicyclic) bond motifs is 2. The molecule has 2 aromatic carbocycles. The summed E-state index contributed by atoms with van der Waals surface area (Å²) in [7, 11) is 1.52. The number of aromatic hydroxyl groups is 1. The van der Waals surface area contributed by atoms with E-state index in [1.54, 1.807) is 0 Å². The lowest BCUT2D eigenvalue weighted by atomic mass is 10.1. The number of hydrogen-bond acceptors (Lipinski definition) is 6. The van der Waals surface area contributed by atoms with E-state index in [1.807, 2.05) is 24.3 Å². The molecule has 182 valence electrons. The van der Waals surface area contributed by atoms with E-state index in [-0.39, 0.29) is 30.3 Å². The predicted molar refractivity (Wildman–Crippen MR) is 127 cm³/mol. The van der Waals surface area contributed by atoms with Crippen LogP contribution < -0.4 is 4.74 Å². The highest BCUT2D eigenvalue weighted by molar-refractivity contribution is 5.91. The van der Waals surface area contributed by atoms with Crippen LogP contribution in [0.3, 0.4) is 0 Å². The molecule has 0 amide bonds.